The van der Waals surface area contributed by atoms with Gasteiger partial charge in [-0.1, -0.05) is 41.9 Å². The van der Waals surface area contributed by atoms with Gasteiger partial charge in [0.15, 0.2) is 0 Å². The highest BCUT2D eigenvalue weighted by Gasteiger charge is 2.45. The van der Waals surface area contributed by atoms with E-state index in [0.29, 0.717) is 5.02 Å². The Morgan fingerprint density at radius 1 is 1.05 bits per heavy atom. The summed E-state index contributed by atoms with van der Waals surface area (Å²) in [7, 11) is 0. The number of anilines is 1. The van der Waals surface area contributed by atoms with E-state index in [1.807, 2.05) is 54.6 Å². The molecular formula is C16H15ClN2O. The van der Waals surface area contributed by atoms with Gasteiger partial charge in [0.1, 0.15) is 0 Å². The van der Waals surface area contributed by atoms with E-state index in [-0.39, 0.29) is 11.6 Å². The van der Waals surface area contributed by atoms with Crippen molar-refractivity contribution in [2.75, 3.05) is 5.32 Å². The SMILES string of the molecule is O=C(Nc1ccccc1)NC1(c2cccc(Cl)c2)CC1. The van der Waals surface area contributed by atoms with Crippen molar-refractivity contribution >= 4 is 23.3 Å². The van der Waals surface area contributed by atoms with E-state index in [9.17, 15) is 4.79 Å². The van der Waals surface area contributed by atoms with Crippen LogP contribution < -0.4 is 10.6 Å². The van der Waals surface area contributed by atoms with Gasteiger partial charge in [0.2, 0.25) is 0 Å². The van der Waals surface area contributed by atoms with E-state index in [0.717, 1.165) is 24.1 Å². The zero-order valence-corrected chi connectivity index (χ0v) is 11.7. The number of amides is 2. The third kappa shape index (κ3) is 2.78. The summed E-state index contributed by atoms with van der Waals surface area (Å²) >= 11 is 6.02. The van der Waals surface area contributed by atoms with E-state index < -0.39 is 0 Å². The molecule has 2 N–H and O–H groups in total. The molecule has 3 rings (SSSR count). The van der Waals surface area contributed by atoms with Crippen molar-refractivity contribution in [1.29, 1.82) is 0 Å². The molecule has 0 spiro atoms. The molecule has 0 aliphatic heterocycles. The van der Waals surface area contributed by atoms with E-state index >= 15 is 0 Å². The van der Waals surface area contributed by atoms with Crippen LogP contribution in [0.3, 0.4) is 0 Å². The topological polar surface area (TPSA) is 41.1 Å². The smallest absolute Gasteiger partial charge is 0.319 e. The van der Waals surface area contributed by atoms with Crippen molar-refractivity contribution in [2.24, 2.45) is 0 Å². The summed E-state index contributed by atoms with van der Waals surface area (Å²) < 4.78 is 0. The summed E-state index contributed by atoms with van der Waals surface area (Å²) in [6, 6.07) is 16.9. The first-order valence-corrected chi connectivity index (χ1v) is 6.96. The molecule has 2 aromatic rings. The molecule has 0 aromatic heterocycles. The number of hydrogen-bond acceptors (Lipinski definition) is 1. The van der Waals surface area contributed by atoms with Gasteiger partial charge in [-0.05, 0) is 42.7 Å². The number of para-hydroxylation sites is 1. The Bertz CT molecular complexity index is 623. The first kappa shape index (κ1) is 13.0. The summed E-state index contributed by atoms with van der Waals surface area (Å²) in [5.41, 5.74) is 1.59. The van der Waals surface area contributed by atoms with Crippen molar-refractivity contribution in [3.05, 3.63) is 65.2 Å². The normalized spacial score (nSPS) is 15.4. The van der Waals surface area contributed by atoms with Crippen LogP contribution in [0.1, 0.15) is 18.4 Å². The fourth-order valence-corrected chi connectivity index (χ4v) is 2.49. The predicted molar refractivity (Wildman–Crippen MR) is 81.0 cm³/mol. The summed E-state index contributed by atoms with van der Waals surface area (Å²) in [5, 5.41) is 6.58. The number of rotatable bonds is 3. The zero-order valence-electron chi connectivity index (χ0n) is 10.9. The Labute approximate surface area is 123 Å². The van der Waals surface area contributed by atoms with Crippen LogP contribution in [-0.2, 0) is 5.54 Å². The maximum Gasteiger partial charge on any atom is 0.319 e. The molecule has 2 amide bonds. The lowest BCUT2D eigenvalue weighted by molar-refractivity contribution is 0.247. The number of benzene rings is 2. The summed E-state index contributed by atoms with van der Waals surface area (Å²) in [6.07, 6.45) is 1.88. The minimum Gasteiger partial charge on any atom is -0.328 e. The van der Waals surface area contributed by atoms with Crippen LogP contribution in [0.4, 0.5) is 10.5 Å². The molecule has 3 nitrogen and oxygen atoms in total. The lowest BCUT2D eigenvalue weighted by Gasteiger charge is -2.18. The van der Waals surface area contributed by atoms with Gasteiger partial charge < -0.3 is 10.6 Å². The third-order valence-corrected chi connectivity index (χ3v) is 3.75. The molecule has 0 bridgehead atoms. The van der Waals surface area contributed by atoms with Gasteiger partial charge in [-0.25, -0.2) is 4.79 Å². The van der Waals surface area contributed by atoms with Gasteiger partial charge in [0.25, 0.3) is 0 Å². The van der Waals surface area contributed by atoms with Crippen LogP contribution in [0.25, 0.3) is 0 Å². The third-order valence-electron chi connectivity index (χ3n) is 3.51. The van der Waals surface area contributed by atoms with Gasteiger partial charge >= 0.3 is 6.03 Å². The van der Waals surface area contributed by atoms with Crippen molar-refractivity contribution in [1.82, 2.24) is 5.32 Å². The predicted octanol–water partition coefficient (Wildman–Crippen LogP) is 4.15. The van der Waals surface area contributed by atoms with E-state index in [1.54, 1.807) is 0 Å². The molecule has 102 valence electrons. The molecule has 0 heterocycles. The summed E-state index contributed by atoms with van der Waals surface area (Å²) in [4.78, 5) is 12.1. The van der Waals surface area contributed by atoms with Gasteiger partial charge in [-0.3, -0.25) is 0 Å². The van der Waals surface area contributed by atoms with Crippen molar-refractivity contribution in [3.8, 4) is 0 Å². The number of carbonyl (C=O) groups is 1. The van der Waals surface area contributed by atoms with Gasteiger partial charge in [0.05, 0.1) is 5.54 Å². The van der Waals surface area contributed by atoms with E-state index in [4.69, 9.17) is 11.6 Å². The van der Waals surface area contributed by atoms with E-state index in [2.05, 4.69) is 10.6 Å². The first-order valence-electron chi connectivity index (χ1n) is 6.58. The standard InChI is InChI=1S/C16H15ClN2O/c17-13-6-4-5-12(11-13)16(9-10-16)19-15(20)18-14-7-2-1-3-8-14/h1-8,11H,9-10H2,(H2,18,19,20). The minimum atomic E-state index is -0.260. The second-order valence-corrected chi connectivity index (χ2v) is 5.47. The minimum absolute atomic E-state index is 0.186. The second kappa shape index (κ2) is 5.17. The highest BCUT2D eigenvalue weighted by Crippen LogP contribution is 2.46. The molecule has 0 saturated heterocycles. The Balaban J connectivity index is 1.70. The highest BCUT2D eigenvalue weighted by atomic mass is 35.5. The Morgan fingerprint density at radius 3 is 2.45 bits per heavy atom. The molecule has 20 heavy (non-hydrogen) atoms. The second-order valence-electron chi connectivity index (χ2n) is 5.04. The Morgan fingerprint density at radius 2 is 1.80 bits per heavy atom. The van der Waals surface area contributed by atoms with Crippen LogP contribution >= 0.6 is 11.6 Å². The van der Waals surface area contributed by atoms with Crippen LogP contribution in [-0.4, -0.2) is 6.03 Å². The largest absolute Gasteiger partial charge is 0.328 e. The Hall–Kier alpha value is -2.00. The summed E-state index contributed by atoms with van der Waals surface area (Å²) in [6.45, 7) is 0. The lowest BCUT2D eigenvalue weighted by atomic mass is 10.1. The molecule has 1 aliphatic carbocycles. The van der Waals surface area contributed by atoms with Crippen LogP contribution in [0.2, 0.25) is 5.02 Å². The number of halogens is 1. The molecule has 4 heteroatoms. The summed E-state index contributed by atoms with van der Waals surface area (Å²) in [5.74, 6) is 0. The van der Waals surface area contributed by atoms with E-state index in [1.165, 1.54) is 0 Å². The Kier molecular flexibility index (Phi) is 3.36. The molecule has 1 aliphatic rings. The molecule has 2 aromatic carbocycles. The van der Waals surface area contributed by atoms with Crippen LogP contribution in [0, 0.1) is 0 Å². The fourth-order valence-electron chi connectivity index (χ4n) is 2.30. The van der Waals surface area contributed by atoms with Gasteiger partial charge in [-0.2, -0.15) is 0 Å². The highest BCUT2D eigenvalue weighted by molar-refractivity contribution is 6.30. The quantitative estimate of drug-likeness (QED) is 0.874. The number of nitrogens with one attached hydrogen (secondary N) is 2. The van der Waals surface area contributed by atoms with Gasteiger partial charge in [0, 0.05) is 10.7 Å². The molecule has 0 atom stereocenters. The molecule has 0 unspecified atom stereocenters. The van der Waals surface area contributed by atoms with Crippen LogP contribution in [0.5, 0.6) is 0 Å². The van der Waals surface area contributed by atoms with Crippen molar-refractivity contribution < 1.29 is 4.79 Å². The van der Waals surface area contributed by atoms with Crippen molar-refractivity contribution in [2.45, 2.75) is 18.4 Å². The maximum atomic E-state index is 12.1. The number of urea groups is 1. The first-order chi connectivity index (χ1) is 9.68. The van der Waals surface area contributed by atoms with Crippen LogP contribution in [0.15, 0.2) is 54.6 Å². The average Bonchev–Trinajstić information content (AvgIpc) is 3.20. The monoisotopic (exact) mass is 286 g/mol. The molecule has 1 fully saturated rings. The molecular weight excluding hydrogens is 272 g/mol. The fraction of sp³-hybridized carbons (Fsp3) is 0.188. The maximum absolute atomic E-state index is 12.1. The average molecular weight is 287 g/mol. The number of hydrogen-bond donors (Lipinski definition) is 2. The van der Waals surface area contributed by atoms with Gasteiger partial charge in [-0.15, -0.1) is 0 Å². The number of carbonyl (C=O) groups excluding carboxylic acids is 1. The lowest BCUT2D eigenvalue weighted by Crippen LogP contribution is -2.38. The molecule has 0 radical (unpaired) electrons. The molecule has 1 saturated carbocycles. The zero-order chi connectivity index (χ0) is 14.0. The van der Waals surface area contributed by atoms with Crippen molar-refractivity contribution in [3.63, 3.8) is 0 Å².